The number of benzene rings is 3. The molecule has 0 aliphatic rings. The normalized spacial score (nSPS) is 13.9. The first-order valence-electron chi connectivity index (χ1n) is 8.78. The summed E-state index contributed by atoms with van der Waals surface area (Å²) in [4.78, 5) is 0.0193. The zero-order chi connectivity index (χ0) is 20.3. The molecule has 6 heteroatoms. The molecular formula is C22H19ClF2O2S. The van der Waals surface area contributed by atoms with Crippen LogP contribution in [0.1, 0.15) is 35.6 Å². The van der Waals surface area contributed by atoms with Crippen LogP contribution in [0, 0.1) is 11.6 Å². The fourth-order valence-corrected chi connectivity index (χ4v) is 5.24. The highest BCUT2D eigenvalue weighted by molar-refractivity contribution is 7.91. The van der Waals surface area contributed by atoms with Crippen molar-refractivity contribution in [1.82, 2.24) is 0 Å². The smallest absolute Gasteiger partial charge is 0.185 e. The molecule has 3 rings (SSSR count). The van der Waals surface area contributed by atoms with Gasteiger partial charge < -0.3 is 0 Å². The van der Waals surface area contributed by atoms with E-state index in [1.54, 1.807) is 0 Å². The number of sulfone groups is 1. The van der Waals surface area contributed by atoms with Gasteiger partial charge in [0.15, 0.2) is 9.84 Å². The first-order valence-corrected chi connectivity index (χ1v) is 10.7. The fraction of sp³-hybridized carbons (Fsp3) is 0.182. The van der Waals surface area contributed by atoms with Gasteiger partial charge in [-0.05, 0) is 60.4 Å². The first-order chi connectivity index (χ1) is 13.3. The van der Waals surface area contributed by atoms with Crippen LogP contribution in [0.15, 0.2) is 77.7 Å². The second-order valence-corrected chi connectivity index (χ2v) is 9.27. The predicted molar refractivity (Wildman–Crippen MR) is 107 cm³/mol. The van der Waals surface area contributed by atoms with Crippen molar-refractivity contribution in [3.05, 3.63) is 101 Å². The molecule has 0 N–H and O–H groups in total. The molecular weight excluding hydrogens is 402 g/mol. The molecule has 0 aliphatic carbocycles. The molecule has 0 radical (unpaired) electrons. The monoisotopic (exact) mass is 420 g/mol. The van der Waals surface area contributed by atoms with Crippen LogP contribution in [0.2, 0.25) is 5.02 Å². The number of rotatable bonds is 6. The summed E-state index contributed by atoms with van der Waals surface area (Å²) in [6.07, 6.45) is 0.106. The van der Waals surface area contributed by atoms with Crippen molar-refractivity contribution in [1.29, 1.82) is 0 Å². The van der Waals surface area contributed by atoms with Crippen molar-refractivity contribution in [2.24, 2.45) is 0 Å². The molecule has 0 aromatic heterocycles. The predicted octanol–water partition coefficient (Wildman–Crippen LogP) is 6.33. The van der Waals surface area contributed by atoms with Gasteiger partial charge in [0.25, 0.3) is 0 Å². The van der Waals surface area contributed by atoms with Crippen LogP contribution >= 0.6 is 11.6 Å². The Labute approximate surface area is 168 Å². The van der Waals surface area contributed by atoms with E-state index < -0.39 is 26.7 Å². The Bertz CT molecular complexity index is 1050. The van der Waals surface area contributed by atoms with Gasteiger partial charge in [-0.15, -0.1) is 0 Å². The van der Waals surface area contributed by atoms with E-state index in [0.717, 1.165) is 23.8 Å². The number of halogens is 3. The molecule has 0 bridgehead atoms. The minimum absolute atomic E-state index is 0.0193. The van der Waals surface area contributed by atoms with Crippen LogP contribution in [-0.2, 0) is 9.84 Å². The highest BCUT2D eigenvalue weighted by Gasteiger charge is 2.33. The third kappa shape index (κ3) is 4.42. The van der Waals surface area contributed by atoms with Crippen molar-refractivity contribution in [3.63, 3.8) is 0 Å². The van der Waals surface area contributed by atoms with Crippen molar-refractivity contribution < 1.29 is 17.2 Å². The zero-order valence-electron chi connectivity index (χ0n) is 15.1. The maximum atomic E-state index is 14.5. The van der Waals surface area contributed by atoms with Crippen LogP contribution in [0.5, 0.6) is 0 Å². The van der Waals surface area contributed by atoms with E-state index in [-0.39, 0.29) is 22.8 Å². The molecule has 0 amide bonds. The standard InChI is InChI=1S/C22H19ClF2O2S/c1-15(16-5-3-2-4-6-16)13-22(20-14-18(24)9-12-21(20)25)28(26,27)19-10-7-17(23)8-11-19/h2-12,14-15,22H,13H2,1H3. The van der Waals surface area contributed by atoms with Gasteiger partial charge >= 0.3 is 0 Å². The Kier molecular flexibility index (Phi) is 6.16. The lowest BCUT2D eigenvalue weighted by Crippen LogP contribution is -2.18. The second-order valence-electron chi connectivity index (χ2n) is 6.70. The summed E-state index contributed by atoms with van der Waals surface area (Å²) in [5.41, 5.74) is 0.758. The lowest BCUT2D eigenvalue weighted by Gasteiger charge is -2.23. The molecule has 0 saturated heterocycles. The van der Waals surface area contributed by atoms with E-state index in [9.17, 15) is 17.2 Å². The Balaban J connectivity index is 2.08. The maximum absolute atomic E-state index is 14.5. The summed E-state index contributed by atoms with van der Waals surface area (Å²) in [5.74, 6) is -1.61. The Morgan fingerprint density at radius 1 is 0.929 bits per heavy atom. The minimum atomic E-state index is -3.98. The SMILES string of the molecule is CC(CC(c1cc(F)ccc1F)S(=O)(=O)c1ccc(Cl)cc1)c1ccccc1. The van der Waals surface area contributed by atoms with Gasteiger partial charge in [0.1, 0.15) is 11.6 Å². The second kappa shape index (κ2) is 8.41. The van der Waals surface area contributed by atoms with Crippen molar-refractivity contribution in [2.75, 3.05) is 0 Å². The van der Waals surface area contributed by atoms with E-state index in [4.69, 9.17) is 11.6 Å². The topological polar surface area (TPSA) is 34.1 Å². The van der Waals surface area contributed by atoms with Gasteiger partial charge in [0, 0.05) is 10.6 Å². The lowest BCUT2D eigenvalue weighted by molar-refractivity contribution is 0.537. The molecule has 3 aromatic rings. The first kappa shape index (κ1) is 20.5. The van der Waals surface area contributed by atoms with Gasteiger partial charge in [-0.3, -0.25) is 0 Å². The van der Waals surface area contributed by atoms with Crippen LogP contribution in [0.25, 0.3) is 0 Å². The number of hydrogen-bond acceptors (Lipinski definition) is 2. The van der Waals surface area contributed by atoms with Crippen molar-refractivity contribution in [3.8, 4) is 0 Å². The molecule has 2 atom stereocenters. The van der Waals surface area contributed by atoms with Crippen LogP contribution in [0.4, 0.5) is 8.78 Å². The van der Waals surface area contributed by atoms with E-state index in [0.29, 0.717) is 5.02 Å². The average Bonchev–Trinajstić information content (AvgIpc) is 2.69. The third-order valence-corrected chi connectivity index (χ3v) is 7.13. The molecule has 0 fully saturated rings. The Hall–Kier alpha value is -2.24. The summed E-state index contributed by atoms with van der Waals surface area (Å²) >= 11 is 5.86. The van der Waals surface area contributed by atoms with E-state index in [1.807, 2.05) is 37.3 Å². The van der Waals surface area contributed by atoms with E-state index in [1.165, 1.54) is 24.3 Å². The molecule has 146 valence electrons. The van der Waals surface area contributed by atoms with Gasteiger partial charge in [-0.2, -0.15) is 0 Å². The molecule has 0 heterocycles. The highest BCUT2D eigenvalue weighted by Crippen LogP contribution is 2.38. The quantitative estimate of drug-likeness (QED) is 0.467. The molecule has 2 unspecified atom stereocenters. The summed E-state index contributed by atoms with van der Waals surface area (Å²) < 4.78 is 55.0. The molecule has 0 saturated carbocycles. The summed E-state index contributed by atoms with van der Waals surface area (Å²) in [5, 5.41) is -0.843. The van der Waals surface area contributed by atoms with Crippen molar-refractivity contribution in [2.45, 2.75) is 29.4 Å². The molecule has 0 spiro atoms. The molecule has 3 aromatic carbocycles. The number of hydrogen-bond donors (Lipinski definition) is 0. The van der Waals surface area contributed by atoms with Gasteiger partial charge in [-0.25, -0.2) is 17.2 Å². The van der Waals surface area contributed by atoms with E-state index >= 15 is 0 Å². The molecule has 2 nitrogen and oxygen atoms in total. The lowest BCUT2D eigenvalue weighted by atomic mass is 9.93. The van der Waals surface area contributed by atoms with Gasteiger partial charge in [0.2, 0.25) is 0 Å². The summed E-state index contributed by atoms with van der Waals surface area (Å²) in [6.45, 7) is 1.87. The van der Waals surface area contributed by atoms with Crippen molar-refractivity contribution >= 4 is 21.4 Å². The maximum Gasteiger partial charge on any atom is 0.185 e. The zero-order valence-corrected chi connectivity index (χ0v) is 16.7. The van der Waals surface area contributed by atoms with Crippen LogP contribution in [0.3, 0.4) is 0 Å². The fourth-order valence-electron chi connectivity index (χ4n) is 3.21. The summed E-state index contributed by atoms with van der Waals surface area (Å²) in [7, 11) is -3.98. The highest BCUT2D eigenvalue weighted by atomic mass is 35.5. The Morgan fingerprint density at radius 3 is 2.21 bits per heavy atom. The molecule has 28 heavy (non-hydrogen) atoms. The molecule has 0 aliphatic heterocycles. The van der Waals surface area contributed by atoms with Crippen LogP contribution in [-0.4, -0.2) is 8.42 Å². The van der Waals surface area contributed by atoms with Crippen LogP contribution < -0.4 is 0 Å². The largest absolute Gasteiger partial charge is 0.223 e. The average molecular weight is 421 g/mol. The minimum Gasteiger partial charge on any atom is -0.223 e. The van der Waals surface area contributed by atoms with E-state index in [2.05, 4.69) is 0 Å². The summed E-state index contributed by atoms with van der Waals surface area (Å²) in [6, 6.07) is 18.0. The Morgan fingerprint density at radius 2 is 1.57 bits per heavy atom. The van der Waals surface area contributed by atoms with Gasteiger partial charge in [-0.1, -0.05) is 48.9 Å². The van der Waals surface area contributed by atoms with Gasteiger partial charge in [0.05, 0.1) is 10.1 Å². The third-order valence-electron chi connectivity index (χ3n) is 4.76.